The van der Waals surface area contributed by atoms with Crippen LogP contribution in [0.2, 0.25) is 0 Å². The Hall–Kier alpha value is -5.36. The largest absolute Gasteiger partial charge is 0.466 e. The number of hydrogen-bond donors (Lipinski definition) is 2. The van der Waals surface area contributed by atoms with Gasteiger partial charge in [0.05, 0.1) is 37.4 Å². The first-order valence-corrected chi connectivity index (χ1v) is 11.9. The molecule has 0 aromatic heterocycles. The molecule has 0 bridgehead atoms. The van der Waals surface area contributed by atoms with E-state index in [-0.39, 0.29) is 28.6 Å². The normalized spacial score (nSPS) is 14.9. The number of esters is 2. The second-order valence-corrected chi connectivity index (χ2v) is 8.71. The first kappa shape index (κ1) is 26.7. The Kier molecular flexibility index (Phi) is 7.77. The van der Waals surface area contributed by atoms with E-state index < -0.39 is 17.9 Å². The Labute approximate surface area is 225 Å². The molecule has 1 amide bonds. The number of hydrogen-bond acceptors (Lipinski definition) is 8. The molecule has 3 aromatic rings. The second kappa shape index (κ2) is 11.4. The Bertz CT molecular complexity index is 1540. The van der Waals surface area contributed by atoms with Gasteiger partial charge in [-0.05, 0) is 42.8 Å². The minimum absolute atomic E-state index is 0.0448. The SMILES string of the molecule is COC(=O)C1=C(C(=O)OC)N(c2cccc(NC(=O)c3ccc(C)cc3)c2)C(N)=C(C#N)C1c1ccccc1. The average molecular weight is 523 g/mol. The maximum Gasteiger partial charge on any atom is 0.355 e. The van der Waals surface area contributed by atoms with Crippen molar-refractivity contribution in [2.24, 2.45) is 5.73 Å². The number of allylic oxidation sites excluding steroid dienone is 1. The highest BCUT2D eigenvalue weighted by atomic mass is 16.5. The maximum absolute atomic E-state index is 13.2. The Morgan fingerprint density at radius 3 is 2.21 bits per heavy atom. The smallest absolute Gasteiger partial charge is 0.355 e. The van der Waals surface area contributed by atoms with Crippen LogP contribution in [0, 0.1) is 18.3 Å². The number of benzene rings is 3. The molecule has 3 N–H and O–H groups in total. The van der Waals surface area contributed by atoms with Gasteiger partial charge in [-0.25, -0.2) is 9.59 Å². The van der Waals surface area contributed by atoms with E-state index in [4.69, 9.17) is 15.2 Å². The molecule has 0 spiro atoms. The summed E-state index contributed by atoms with van der Waals surface area (Å²) in [6.07, 6.45) is 0. The molecule has 0 saturated carbocycles. The first-order chi connectivity index (χ1) is 18.8. The summed E-state index contributed by atoms with van der Waals surface area (Å²) < 4.78 is 10.1. The predicted octanol–water partition coefficient (Wildman–Crippen LogP) is 4.15. The van der Waals surface area contributed by atoms with Crippen LogP contribution >= 0.6 is 0 Å². The van der Waals surface area contributed by atoms with Crippen LogP contribution in [-0.2, 0) is 19.1 Å². The summed E-state index contributed by atoms with van der Waals surface area (Å²) in [6, 6.07) is 24.5. The van der Waals surface area contributed by atoms with E-state index in [1.54, 1.807) is 66.7 Å². The molecular formula is C30H26N4O5. The van der Waals surface area contributed by atoms with E-state index in [1.165, 1.54) is 19.1 Å². The monoisotopic (exact) mass is 522 g/mol. The summed E-state index contributed by atoms with van der Waals surface area (Å²) in [6.45, 7) is 1.93. The number of nitrogens with two attached hydrogens (primary N) is 1. The van der Waals surface area contributed by atoms with Crippen molar-refractivity contribution in [1.82, 2.24) is 0 Å². The minimum Gasteiger partial charge on any atom is -0.466 e. The summed E-state index contributed by atoms with van der Waals surface area (Å²) in [5, 5.41) is 13.0. The van der Waals surface area contributed by atoms with Gasteiger partial charge < -0.3 is 20.5 Å². The van der Waals surface area contributed by atoms with Gasteiger partial charge in [-0.15, -0.1) is 0 Å². The molecule has 0 fully saturated rings. The van der Waals surface area contributed by atoms with Crippen molar-refractivity contribution in [2.75, 3.05) is 24.4 Å². The summed E-state index contributed by atoms with van der Waals surface area (Å²) in [4.78, 5) is 40.5. The molecule has 1 atom stereocenters. The number of nitriles is 1. The standard InChI is InChI=1S/C30H26N4O5/c1-18-12-14-20(15-13-18)28(35)33-21-10-7-11-22(16-21)34-26(30(37)39-3)25(29(36)38-2)24(23(17-31)27(34)32)19-8-5-4-6-9-19/h4-16,24H,32H2,1-3H3,(H,33,35). The molecule has 1 unspecified atom stereocenters. The highest BCUT2D eigenvalue weighted by Gasteiger charge is 2.43. The molecule has 9 heteroatoms. The van der Waals surface area contributed by atoms with Crippen LogP contribution in [0.5, 0.6) is 0 Å². The van der Waals surface area contributed by atoms with E-state index in [2.05, 4.69) is 11.4 Å². The van der Waals surface area contributed by atoms with Gasteiger partial charge in [0.25, 0.3) is 5.91 Å². The van der Waals surface area contributed by atoms with E-state index >= 15 is 0 Å². The molecule has 1 heterocycles. The van der Waals surface area contributed by atoms with Crippen LogP contribution in [-0.4, -0.2) is 32.1 Å². The number of nitrogens with zero attached hydrogens (tertiary/aromatic N) is 2. The lowest BCUT2D eigenvalue weighted by molar-refractivity contribution is -0.139. The Balaban J connectivity index is 1.87. The average Bonchev–Trinajstić information content (AvgIpc) is 2.96. The van der Waals surface area contributed by atoms with E-state index in [1.807, 2.05) is 19.1 Å². The molecule has 3 aromatic carbocycles. The van der Waals surface area contributed by atoms with Gasteiger partial charge in [-0.2, -0.15) is 5.26 Å². The topological polar surface area (TPSA) is 135 Å². The van der Waals surface area contributed by atoms with Crippen LogP contribution in [0.15, 0.2) is 102 Å². The summed E-state index contributed by atoms with van der Waals surface area (Å²) in [5.74, 6) is -3.06. The zero-order valence-electron chi connectivity index (χ0n) is 21.6. The van der Waals surface area contributed by atoms with Crippen molar-refractivity contribution in [2.45, 2.75) is 12.8 Å². The molecular weight excluding hydrogens is 496 g/mol. The van der Waals surface area contributed by atoms with Crippen LogP contribution in [0.4, 0.5) is 11.4 Å². The van der Waals surface area contributed by atoms with Gasteiger partial charge >= 0.3 is 11.9 Å². The number of aryl methyl sites for hydroxylation is 1. The van der Waals surface area contributed by atoms with Crippen molar-refractivity contribution < 1.29 is 23.9 Å². The summed E-state index contributed by atoms with van der Waals surface area (Å²) >= 11 is 0. The Morgan fingerprint density at radius 2 is 1.59 bits per heavy atom. The van der Waals surface area contributed by atoms with Gasteiger partial charge in [-0.3, -0.25) is 9.69 Å². The predicted molar refractivity (Wildman–Crippen MR) is 145 cm³/mol. The fraction of sp³-hybridized carbons (Fsp3) is 0.133. The number of carbonyl (C=O) groups excluding carboxylic acids is 3. The number of methoxy groups -OCH3 is 2. The third-order valence-corrected chi connectivity index (χ3v) is 6.29. The number of nitrogens with one attached hydrogen (secondary N) is 1. The lowest BCUT2D eigenvalue weighted by atomic mass is 9.81. The van der Waals surface area contributed by atoms with Gasteiger partial charge in [0.1, 0.15) is 11.5 Å². The molecule has 1 aliphatic rings. The quantitative estimate of drug-likeness (QED) is 0.461. The number of amides is 1. The number of carbonyl (C=O) groups is 3. The highest BCUT2D eigenvalue weighted by molar-refractivity contribution is 6.07. The van der Waals surface area contributed by atoms with Crippen LogP contribution in [0.3, 0.4) is 0 Å². The number of anilines is 2. The van der Waals surface area contributed by atoms with E-state index in [0.717, 1.165) is 5.56 Å². The fourth-order valence-electron chi connectivity index (χ4n) is 4.41. The first-order valence-electron chi connectivity index (χ1n) is 11.9. The lowest BCUT2D eigenvalue weighted by Crippen LogP contribution is -2.40. The molecule has 0 radical (unpaired) electrons. The van der Waals surface area contributed by atoms with Gasteiger partial charge in [-0.1, -0.05) is 54.1 Å². The van der Waals surface area contributed by atoms with Crippen molar-refractivity contribution in [3.63, 3.8) is 0 Å². The summed E-state index contributed by atoms with van der Waals surface area (Å²) in [5.41, 5.74) is 9.05. The molecule has 196 valence electrons. The van der Waals surface area contributed by atoms with Crippen LogP contribution in [0.25, 0.3) is 0 Å². The zero-order chi connectivity index (χ0) is 28.1. The number of rotatable bonds is 6. The molecule has 0 aliphatic carbocycles. The third kappa shape index (κ3) is 5.22. The van der Waals surface area contributed by atoms with Gasteiger partial charge in [0.15, 0.2) is 0 Å². The van der Waals surface area contributed by atoms with E-state index in [0.29, 0.717) is 22.5 Å². The molecule has 9 nitrogen and oxygen atoms in total. The van der Waals surface area contributed by atoms with Crippen molar-refractivity contribution in [1.29, 1.82) is 5.26 Å². The Morgan fingerprint density at radius 1 is 0.923 bits per heavy atom. The molecule has 1 aliphatic heterocycles. The van der Waals surface area contributed by atoms with Crippen molar-refractivity contribution in [3.05, 3.63) is 118 Å². The van der Waals surface area contributed by atoms with Crippen molar-refractivity contribution in [3.8, 4) is 6.07 Å². The fourth-order valence-corrected chi connectivity index (χ4v) is 4.41. The van der Waals surface area contributed by atoms with Crippen LogP contribution < -0.4 is 16.0 Å². The van der Waals surface area contributed by atoms with Gasteiger partial charge in [0, 0.05) is 16.9 Å². The molecule has 0 saturated heterocycles. The van der Waals surface area contributed by atoms with E-state index in [9.17, 15) is 19.6 Å². The minimum atomic E-state index is -0.974. The highest BCUT2D eigenvalue weighted by Crippen LogP contribution is 2.43. The van der Waals surface area contributed by atoms with Gasteiger partial charge in [0.2, 0.25) is 0 Å². The zero-order valence-corrected chi connectivity index (χ0v) is 21.6. The third-order valence-electron chi connectivity index (χ3n) is 6.29. The second-order valence-electron chi connectivity index (χ2n) is 8.71. The lowest BCUT2D eigenvalue weighted by Gasteiger charge is -2.36. The van der Waals surface area contributed by atoms with Crippen molar-refractivity contribution >= 4 is 29.2 Å². The molecule has 4 rings (SSSR count). The summed E-state index contributed by atoms with van der Waals surface area (Å²) in [7, 11) is 2.36. The maximum atomic E-state index is 13.2. The molecule has 39 heavy (non-hydrogen) atoms. The van der Waals surface area contributed by atoms with Crippen LogP contribution in [0.1, 0.15) is 27.4 Å². The number of ether oxygens (including phenoxy) is 2.